The Morgan fingerprint density at radius 3 is 1.55 bits per heavy atom. The largest absolute Gasteiger partial charge is 0.354 e. The molecule has 3 heteroatoms. The number of hydrogen-bond donors (Lipinski definition) is 1. The van der Waals surface area contributed by atoms with Crippen LogP contribution >= 0.6 is 7.05 Å². The first-order chi connectivity index (χ1) is 25.3. The molecule has 0 fully saturated rings. The van der Waals surface area contributed by atoms with Crippen molar-refractivity contribution in [2.24, 2.45) is 4.74 Å². The average molecular weight is 669 g/mol. The lowest BCUT2D eigenvalue weighted by Gasteiger charge is -2.27. The van der Waals surface area contributed by atoms with Crippen molar-refractivity contribution in [1.82, 2.24) is 4.98 Å². The quantitative estimate of drug-likeness (QED) is 0.140. The number of nitrogens with zero attached hydrogens (tertiary/aromatic N) is 1. The van der Waals surface area contributed by atoms with Gasteiger partial charge < -0.3 is 4.98 Å². The molecule has 0 unspecified atom stereocenters. The molecule has 9 aromatic rings. The van der Waals surface area contributed by atoms with Crippen molar-refractivity contribution in [2.75, 3.05) is 0 Å². The van der Waals surface area contributed by atoms with Crippen LogP contribution in [-0.4, -0.2) is 4.98 Å². The van der Waals surface area contributed by atoms with E-state index in [1.807, 2.05) is 0 Å². The van der Waals surface area contributed by atoms with Gasteiger partial charge in [0, 0.05) is 43.3 Å². The molecule has 0 amide bonds. The number of para-hydroxylation sites is 1. The fraction of sp³-hybridized carbons (Fsp3) is 0. The first-order valence-corrected chi connectivity index (χ1v) is 19.0. The summed E-state index contributed by atoms with van der Waals surface area (Å²) in [6.07, 6.45) is 0. The van der Waals surface area contributed by atoms with Crippen LogP contribution in [0.2, 0.25) is 0 Å². The highest BCUT2D eigenvalue weighted by Gasteiger charge is 2.28. The Labute approximate surface area is 298 Å². The van der Waals surface area contributed by atoms with E-state index >= 15 is 0 Å². The van der Waals surface area contributed by atoms with E-state index < -0.39 is 7.05 Å². The maximum atomic E-state index is 5.83. The topological polar surface area (TPSA) is 28.1 Å². The molecule has 0 radical (unpaired) electrons. The number of aromatic amines is 1. The standard InChI is InChI=1S/C48H33N2P/c1-5-20-36(21-6-1)46-41-29-15-14-28-40(41)42(47-43-30-16-18-32-45(43)49-48(46)47)34-33-35-19-13-17-31-44(35)50-51(37-22-7-2-8-23-37,38-24-9-3-10-25-38)39-26-11-4-12-27-39/h1-32,49H. The second-order valence-electron chi connectivity index (χ2n) is 12.6. The number of fused-ring (bicyclic) bond motifs is 4. The van der Waals surface area contributed by atoms with E-state index in [0.29, 0.717) is 0 Å². The van der Waals surface area contributed by atoms with Gasteiger partial charge in [-0.15, -0.1) is 0 Å². The molecular weight excluding hydrogens is 636 g/mol. The normalized spacial score (nSPS) is 11.4. The maximum Gasteiger partial charge on any atom is 0.0781 e. The molecule has 51 heavy (non-hydrogen) atoms. The van der Waals surface area contributed by atoms with Gasteiger partial charge >= 0.3 is 0 Å². The highest BCUT2D eigenvalue weighted by molar-refractivity contribution is 7.87. The molecule has 0 aliphatic heterocycles. The Morgan fingerprint density at radius 2 is 0.922 bits per heavy atom. The average Bonchev–Trinajstić information content (AvgIpc) is 3.59. The summed E-state index contributed by atoms with van der Waals surface area (Å²) in [7, 11) is -2.49. The molecule has 0 atom stereocenters. The van der Waals surface area contributed by atoms with Crippen LogP contribution in [0.1, 0.15) is 11.1 Å². The molecule has 240 valence electrons. The van der Waals surface area contributed by atoms with Gasteiger partial charge in [0.05, 0.1) is 23.8 Å². The van der Waals surface area contributed by atoms with Gasteiger partial charge in [-0.2, -0.15) is 0 Å². The van der Waals surface area contributed by atoms with Crippen molar-refractivity contribution in [3.63, 3.8) is 0 Å². The number of benzene rings is 8. The van der Waals surface area contributed by atoms with Crippen molar-refractivity contribution in [3.8, 4) is 23.0 Å². The van der Waals surface area contributed by atoms with Gasteiger partial charge in [0.2, 0.25) is 0 Å². The third kappa shape index (κ3) is 5.37. The minimum absolute atomic E-state index is 0.885. The lowest BCUT2D eigenvalue weighted by molar-refractivity contribution is 1.51. The lowest BCUT2D eigenvalue weighted by Crippen LogP contribution is -2.25. The molecule has 0 bridgehead atoms. The smallest absolute Gasteiger partial charge is 0.0781 e. The maximum absolute atomic E-state index is 5.83. The first kappa shape index (κ1) is 30.7. The second kappa shape index (κ2) is 13.1. The summed E-state index contributed by atoms with van der Waals surface area (Å²) in [6.45, 7) is 0. The van der Waals surface area contributed by atoms with Crippen molar-refractivity contribution in [1.29, 1.82) is 0 Å². The van der Waals surface area contributed by atoms with Crippen LogP contribution < -0.4 is 15.9 Å². The Bertz CT molecular complexity index is 2690. The van der Waals surface area contributed by atoms with E-state index in [1.165, 1.54) is 37.8 Å². The summed E-state index contributed by atoms with van der Waals surface area (Å²) in [5.41, 5.74) is 7.37. The first-order valence-electron chi connectivity index (χ1n) is 17.2. The Balaban J connectivity index is 1.34. The number of rotatable bonds is 5. The van der Waals surface area contributed by atoms with Gasteiger partial charge in [-0.05, 0) is 34.5 Å². The van der Waals surface area contributed by atoms with Crippen molar-refractivity contribution in [3.05, 3.63) is 205 Å². The summed E-state index contributed by atoms with van der Waals surface area (Å²) >= 11 is 0. The molecular formula is C48H33N2P. The third-order valence-electron chi connectivity index (χ3n) is 9.61. The number of H-pyrrole nitrogens is 1. The molecule has 0 aliphatic carbocycles. The van der Waals surface area contributed by atoms with Crippen LogP contribution in [0, 0.1) is 11.8 Å². The van der Waals surface area contributed by atoms with E-state index in [9.17, 15) is 0 Å². The van der Waals surface area contributed by atoms with Gasteiger partial charge in [-0.25, -0.2) is 0 Å². The molecule has 0 aliphatic rings. The molecule has 1 heterocycles. The van der Waals surface area contributed by atoms with Gasteiger partial charge in [-0.1, -0.05) is 188 Å². The van der Waals surface area contributed by atoms with Crippen LogP contribution in [0.3, 0.4) is 0 Å². The minimum atomic E-state index is -2.49. The van der Waals surface area contributed by atoms with Crippen LogP contribution in [-0.2, 0) is 0 Å². The van der Waals surface area contributed by atoms with Gasteiger partial charge in [0.1, 0.15) is 0 Å². The number of hydrogen-bond acceptors (Lipinski definition) is 1. The van der Waals surface area contributed by atoms with Crippen LogP contribution in [0.5, 0.6) is 0 Å². The van der Waals surface area contributed by atoms with E-state index in [2.05, 4.69) is 211 Å². The predicted molar refractivity (Wildman–Crippen MR) is 218 cm³/mol. The minimum Gasteiger partial charge on any atom is -0.354 e. The number of aromatic nitrogens is 1. The molecule has 9 rings (SSSR count). The molecule has 0 spiro atoms. The van der Waals surface area contributed by atoms with Crippen LogP contribution in [0.25, 0.3) is 43.7 Å². The molecule has 0 saturated heterocycles. The van der Waals surface area contributed by atoms with Crippen molar-refractivity contribution >= 4 is 61.2 Å². The molecule has 2 nitrogen and oxygen atoms in total. The fourth-order valence-corrected chi connectivity index (χ4v) is 10.9. The highest BCUT2D eigenvalue weighted by Crippen LogP contribution is 2.50. The van der Waals surface area contributed by atoms with Crippen molar-refractivity contribution < 1.29 is 0 Å². The van der Waals surface area contributed by atoms with E-state index in [0.717, 1.165) is 38.6 Å². The zero-order valence-electron chi connectivity index (χ0n) is 27.9. The third-order valence-corrected chi connectivity index (χ3v) is 13.3. The second-order valence-corrected chi connectivity index (χ2v) is 15.6. The van der Waals surface area contributed by atoms with Gasteiger partial charge in [0.15, 0.2) is 0 Å². The van der Waals surface area contributed by atoms with E-state index in [1.54, 1.807) is 0 Å². The Kier molecular flexibility index (Phi) is 7.90. The molecule has 1 N–H and O–H groups in total. The SMILES string of the molecule is C(#Cc1c2ccccc2c(-c2ccccc2)c2[nH]c3ccccc3c12)c1ccccc1N=P(c1ccccc1)(c1ccccc1)c1ccccc1. The van der Waals surface area contributed by atoms with Gasteiger partial charge in [0.25, 0.3) is 0 Å². The summed E-state index contributed by atoms with van der Waals surface area (Å²) in [6, 6.07) is 68.5. The van der Waals surface area contributed by atoms with E-state index in [4.69, 9.17) is 4.74 Å². The molecule has 1 aromatic heterocycles. The summed E-state index contributed by atoms with van der Waals surface area (Å²) < 4.78 is 5.83. The van der Waals surface area contributed by atoms with Crippen LogP contribution in [0.4, 0.5) is 5.69 Å². The van der Waals surface area contributed by atoms with E-state index in [-0.39, 0.29) is 0 Å². The fourth-order valence-electron chi connectivity index (χ4n) is 7.32. The summed E-state index contributed by atoms with van der Waals surface area (Å²) in [4.78, 5) is 3.79. The monoisotopic (exact) mass is 668 g/mol. The highest BCUT2D eigenvalue weighted by atomic mass is 31.2. The lowest BCUT2D eigenvalue weighted by atomic mass is 9.91. The Morgan fingerprint density at radius 1 is 0.431 bits per heavy atom. The van der Waals surface area contributed by atoms with Crippen molar-refractivity contribution in [2.45, 2.75) is 0 Å². The zero-order valence-corrected chi connectivity index (χ0v) is 28.8. The zero-order chi connectivity index (χ0) is 34.0. The number of nitrogens with one attached hydrogen (secondary N) is 1. The van der Waals surface area contributed by atoms with Gasteiger partial charge in [-0.3, -0.25) is 4.74 Å². The molecule has 8 aromatic carbocycles. The molecule has 0 saturated carbocycles. The summed E-state index contributed by atoms with van der Waals surface area (Å²) in [5.74, 6) is 7.40. The summed E-state index contributed by atoms with van der Waals surface area (Å²) in [5, 5.41) is 8.22. The Hall–Kier alpha value is -6.39. The van der Waals surface area contributed by atoms with Crippen LogP contribution in [0.15, 0.2) is 199 Å². The predicted octanol–water partition coefficient (Wildman–Crippen LogP) is 11.4.